The summed E-state index contributed by atoms with van der Waals surface area (Å²) in [6, 6.07) is 28.0. The van der Waals surface area contributed by atoms with Gasteiger partial charge in [0.2, 0.25) is 0 Å². The molecule has 4 heteroatoms. The summed E-state index contributed by atoms with van der Waals surface area (Å²) in [6.07, 6.45) is 0. The topological polar surface area (TPSA) is 74.6 Å². The molecule has 0 atom stereocenters. The van der Waals surface area contributed by atoms with Gasteiger partial charge in [0, 0.05) is 33.4 Å². The van der Waals surface area contributed by atoms with Gasteiger partial charge in [0.15, 0.2) is 0 Å². The number of hydrogen-bond acceptors (Lipinski definition) is 2. The fraction of sp³-hybridized carbons (Fsp3) is 0. The Hall–Kier alpha value is -5.50. The monoisotopic (exact) mass is 466 g/mol. The SMILES string of the molecule is O=C(O)c1ccc(C#Cc2cc(C#Cc3ccccc3)cc(C#Cc3ccc(C(=O)O)cc3)c2)cc1. The second kappa shape index (κ2) is 11.1. The van der Waals surface area contributed by atoms with Crippen molar-refractivity contribution >= 4 is 11.9 Å². The molecule has 4 rings (SSSR count). The highest BCUT2D eigenvalue weighted by atomic mass is 16.4. The van der Waals surface area contributed by atoms with E-state index in [0.29, 0.717) is 22.3 Å². The zero-order valence-electron chi connectivity index (χ0n) is 18.9. The molecule has 0 aliphatic rings. The molecule has 36 heavy (non-hydrogen) atoms. The van der Waals surface area contributed by atoms with Crippen LogP contribution in [0, 0.1) is 35.5 Å². The average Bonchev–Trinajstić information content (AvgIpc) is 2.90. The molecule has 0 aromatic heterocycles. The molecular formula is C32H18O4. The van der Waals surface area contributed by atoms with Crippen molar-refractivity contribution in [1.29, 1.82) is 0 Å². The summed E-state index contributed by atoms with van der Waals surface area (Å²) in [5, 5.41) is 18.1. The van der Waals surface area contributed by atoms with Crippen molar-refractivity contribution in [3.05, 3.63) is 142 Å². The van der Waals surface area contributed by atoms with Crippen molar-refractivity contribution in [2.75, 3.05) is 0 Å². The molecule has 0 saturated carbocycles. The molecule has 0 aliphatic heterocycles. The summed E-state index contributed by atoms with van der Waals surface area (Å²) in [6.45, 7) is 0. The summed E-state index contributed by atoms with van der Waals surface area (Å²) in [5.74, 6) is 16.6. The minimum atomic E-state index is -0.986. The summed E-state index contributed by atoms with van der Waals surface area (Å²) in [7, 11) is 0. The number of aromatic carboxylic acids is 2. The van der Waals surface area contributed by atoms with Gasteiger partial charge in [0.25, 0.3) is 0 Å². The Morgan fingerprint density at radius 2 is 0.722 bits per heavy atom. The maximum absolute atomic E-state index is 11.1. The molecule has 0 fully saturated rings. The van der Waals surface area contributed by atoms with E-state index < -0.39 is 11.9 Å². The lowest BCUT2D eigenvalue weighted by Gasteiger charge is -1.98. The third kappa shape index (κ3) is 6.52. The highest BCUT2D eigenvalue weighted by molar-refractivity contribution is 5.88. The van der Waals surface area contributed by atoms with Crippen molar-refractivity contribution in [3.8, 4) is 35.5 Å². The molecule has 0 saturated heterocycles. The van der Waals surface area contributed by atoms with E-state index in [2.05, 4.69) is 35.5 Å². The van der Waals surface area contributed by atoms with Crippen LogP contribution in [0.15, 0.2) is 97.1 Å². The van der Waals surface area contributed by atoms with Crippen LogP contribution in [0.2, 0.25) is 0 Å². The molecule has 0 bridgehead atoms. The first-order valence-corrected chi connectivity index (χ1v) is 10.9. The van der Waals surface area contributed by atoms with Gasteiger partial charge in [0.1, 0.15) is 0 Å². The Labute approximate surface area is 208 Å². The lowest BCUT2D eigenvalue weighted by atomic mass is 10.0. The third-order valence-corrected chi connectivity index (χ3v) is 5.02. The van der Waals surface area contributed by atoms with Gasteiger partial charge in [0.05, 0.1) is 11.1 Å². The van der Waals surface area contributed by atoms with Gasteiger partial charge in [-0.25, -0.2) is 9.59 Å². The second-order valence-electron chi connectivity index (χ2n) is 7.68. The first-order valence-electron chi connectivity index (χ1n) is 10.9. The predicted molar refractivity (Wildman–Crippen MR) is 138 cm³/mol. The van der Waals surface area contributed by atoms with E-state index in [-0.39, 0.29) is 11.1 Å². The molecule has 170 valence electrons. The standard InChI is InChI=1S/C32H18O4/c33-31(34)29-16-12-24(13-17-29)7-10-27-20-26(9-6-23-4-2-1-3-5-23)21-28(22-27)11-8-25-14-18-30(19-15-25)32(35)36/h1-5,12-22H,(H,33,34)(H,35,36). The van der Waals surface area contributed by atoms with Crippen LogP contribution in [0.5, 0.6) is 0 Å². The van der Waals surface area contributed by atoms with E-state index in [1.807, 2.05) is 48.5 Å². The molecule has 4 aromatic carbocycles. The number of benzene rings is 4. The fourth-order valence-electron chi connectivity index (χ4n) is 3.19. The van der Waals surface area contributed by atoms with E-state index in [1.54, 1.807) is 24.3 Å². The summed E-state index contributed by atoms with van der Waals surface area (Å²) in [5.41, 5.74) is 4.83. The normalized spacial score (nSPS) is 9.44. The Morgan fingerprint density at radius 3 is 1.06 bits per heavy atom. The summed E-state index contributed by atoms with van der Waals surface area (Å²) in [4.78, 5) is 22.1. The van der Waals surface area contributed by atoms with Crippen LogP contribution in [-0.4, -0.2) is 22.2 Å². The predicted octanol–water partition coefficient (Wildman–Crippen LogP) is 5.28. The second-order valence-corrected chi connectivity index (χ2v) is 7.68. The van der Waals surface area contributed by atoms with Crippen LogP contribution in [0.1, 0.15) is 54.1 Å². The van der Waals surface area contributed by atoms with Gasteiger partial charge in [-0.2, -0.15) is 0 Å². The zero-order chi connectivity index (χ0) is 25.3. The van der Waals surface area contributed by atoms with E-state index in [4.69, 9.17) is 10.2 Å². The fourth-order valence-corrected chi connectivity index (χ4v) is 3.19. The quantitative estimate of drug-likeness (QED) is 0.394. The summed E-state index contributed by atoms with van der Waals surface area (Å²) >= 11 is 0. The largest absolute Gasteiger partial charge is 0.478 e. The van der Waals surface area contributed by atoms with E-state index in [0.717, 1.165) is 11.1 Å². The molecular weight excluding hydrogens is 448 g/mol. The van der Waals surface area contributed by atoms with Crippen molar-refractivity contribution in [1.82, 2.24) is 0 Å². The molecule has 0 aliphatic carbocycles. The molecule has 0 spiro atoms. The lowest BCUT2D eigenvalue weighted by Crippen LogP contribution is -1.95. The average molecular weight is 466 g/mol. The van der Waals surface area contributed by atoms with Crippen LogP contribution >= 0.6 is 0 Å². The minimum absolute atomic E-state index is 0.202. The maximum atomic E-state index is 11.1. The lowest BCUT2D eigenvalue weighted by molar-refractivity contribution is 0.0686. The highest BCUT2D eigenvalue weighted by Crippen LogP contribution is 2.11. The van der Waals surface area contributed by atoms with Crippen molar-refractivity contribution < 1.29 is 19.8 Å². The van der Waals surface area contributed by atoms with Crippen LogP contribution < -0.4 is 0 Å². The van der Waals surface area contributed by atoms with Gasteiger partial charge < -0.3 is 10.2 Å². The molecule has 2 N–H and O–H groups in total. The summed E-state index contributed by atoms with van der Waals surface area (Å²) < 4.78 is 0. The number of carboxylic acid groups (broad SMARTS) is 2. The molecule has 4 aromatic rings. The van der Waals surface area contributed by atoms with Crippen LogP contribution in [0.3, 0.4) is 0 Å². The molecule has 0 heterocycles. The van der Waals surface area contributed by atoms with E-state index in [1.165, 1.54) is 24.3 Å². The third-order valence-electron chi connectivity index (χ3n) is 5.02. The number of hydrogen-bond donors (Lipinski definition) is 2. The van der Waals surface area contributed by atoms with Crippen LogP contribution in [-0.2, 0) is 0 Å². The van der Waals surface area contributed by atoms with Crippen LogP contribution in [0.25, 0.3) is 0 Å². The van der Waals surface area contributed by atoms with Crippen LogP contribution in [0.4, 0.5) is 0 Å². The number of rotatable bonds is 2. The van der Waals surface area contributed by atoms with E-state index >= 15 is 0 Å². The molecule has 0 unspecified atom stereocenters. The zero-order valence-corrected chi connectivity index (χ0v) is 18.9. The maximum Gasteiger partial charge on any atom is 0.335 e. The molecule has 0 amide bonds. The smallest absolute Gasteiger partial charge is 0.335 e. The van der Waals surface area contributed by atoms with E-state index in [9.17, 15) is 9.59 Å². The minimum Gasteiger partial charge on any atom is -0.478 e. The van der Waals surface area contributed by atoms with Gasteiger partial charge in [-0.15, -0.1) is 0 Å². The highest BCUT2D eigenvalue weighted by Gasteiger charge is 2.02. The molecule has 0 radical (unpaired) electrons. The first kappa shape index (κ1) is 23.7. The first-order chi connectivity index (χ1) is 17.5. The Bertz CT molecular complexity index is 1520. The Morgan fingerprint density at radius 1 is 0.417 bits per heavy atom. The van der Waals surface area contributed by atoms with Crippen molar-refractivity contribution in [2.24, 2.45) is 0 Å². The Balaban J connectivity index is 1.68. The number of carbonyl (C=O) groups is 2. The van der Waals surface area contributed by atoms with Crippen molar-refractivity contribution in [2.45, 2.75) is 0 Å². The molecule has 4 nitrogen and oxygen atoms in total. The van der Waals surface area contributed by atoms with Gasteiger partial charge in [-0.3, -0.25) is 0 Å². The van der Waals surface area contributed by atoms with Crippen molar-refractivity contribution in [3.63, 3.8) is 0 Å². The van der Waals surface area contributed by atoms with Gasteiger partial charge in [-0.1, -0.05) is 53.7 Å². The number of carboxylic acids is 2. The Kier molecular flexibility index (Phi) is 7.28. The van der Waals surface area contributed by atoms with Gasteiger partial charge in [-0.05, 0) is 78.9 Å². The van der Waals surface area contributed by atoms with Gasteiger partial charge >= 0.3 is 11.9 Å².